The first-order chi connectivity index (χ1) is 15.4. The molecule has 32 heavy (non-hydrogen) atoms. The van der Waals surface area contributed by atoms with Crippen LogP contribution < -0.4 is 15.0 Å². The number of nitrogens with one attached hydrogen (secondary N) is 1. The highest BCUT2D eigenvalue weighted by atomic mass is 16.5. The van der Waals surface area contributed by atoms with Gasteiger partial charge in [-0.25, -0.2) is 9.97 Å². The first-order valence-corrected chi connectivity index (χ1v) is 10.7. The minimum atomic E-state index is -0.269. The van der Waals surface area contributed by atoms with Crippen LogP contribution >= 0.6 is 0 Å². The molecule has 0 aliphatic carbocycles. The third-order valence-corrected chi connectivity index (χ3v) is 5.93. The summed E-state index contributed by atoms with van der Waals surface area (Å²) in [4.78, 5) is 49.5. The van der Waals surface area contributed by atoms with Gasteiger partial charge >= 0.3 is 0 Å². The average Bonchev–Trinajstić information content (AvgIpc) is 3.38. The quantitative estimate of drug-likeness (QED) is 0.737. The molecule has 0 radical (unpaired) electrons. The largest absolute Gasteiger partial charge is 0.497 e. The fraction of sp³-hybridized carbons (Fsp3) is 0.435. The van der Waals surface area contributed by atoms with E-state index in [2.05, 4.69) is 10.3 Å². The van der Waals surface area contributed by atoms with Crippen LogP contribution in [0.2, 0.25) is 0 Å². The first kappa shape index (κ1) is 21.7. The highest BCUT2D eigenvalue weighted by molar-refractivity contribution is 6.00. The van der Waals surface area contributed by atoms with Crippen LogP contribution in [-0.4, -0.2) is 52.8 Å². The van der Waals surface area contributed by atoms with Gasteiger partial charge in [0.05, 0.1) is 32.7 Å². The van der Waals surface area contributed by atoms with Crippen LogP contribution in [0.4, 0.5) is 5.82 Å². The van der Waals surface area contributed by atoms with E-state index in [4.69, 9.17) is 9.72 Å². The van der Waals surface area contributed by atoms with Gasteiger partial charge in [0.25, 0.3) is 0 Å². The number of ether oxygens (including phenoxy) is 1. The van der Waals surface area contributed by atoms with Crippen molar-refractivity contribution in [1.82, 2.24) is 20.2 Å². The van der Waals surface area contributed by atoms with Crippen molar-refractivity contribution in [2.24, 2.45) is 0 Å². The highest BCUT2D eigenvalue weighted by Crippen LogP contribution is 2.35. The maximum Gasteiger partial charge on any atom is 0.242 e. The molecule has 1 aromatic carbocycles. The molecule has 1 fully saturated rings. The van der Waals surface area contributed by atoms with Crippen LogP contribution in [0.25, 0.3) is 0 Å². The molecular weight excluding hydrogens is 410 g/mol. The Labute approximate surface area is 186 Å². The second kappa shape index (κ2) is 8.94. The SMILES string of the molecule is COc1cccc(CN2C(=O)Cc3c(C)nc(C4CCCN4C(=O)CNC(C)=O)nc32)c1. The van der Waals surface area contributed by atoms with Gasteiger partial charge in [0.1, 0.15) is 11.6 Å². The molecule has 0 bridgehead atoms. The number of benzene rings is 1. The predicted octanol–water partition coefficient (Wildman–Crippen LogP) is 1.68. The number of methoxy groups -OCH3 is 1. The van der Waals surface area contributed by atoms with Crippen molar-refractivity contribution in [2.45, 2.75) is 45.7 Å². The van der Waals surface area contributed by atoms with Gasteiger partial charge in [-0.2, -0.15) is 0 Å². The number of anilines is 1. The lowest BCUT2D eigenvalue weighted by molar-refractivity contribution is -0.133. The molecule has 1 saturated heterocycles. The minimum Gasteiger partial charge on any atom is -0.497 e. The second-order valence-corrected chi connectivity index (χ2v) is 8.13. The average molecular weight is 438 g/mol. The third-order valence-electron chi connectivity index (χ3n) is 5.93. The van der Waals surface area contributed by atoms with Crippen LogP contribution in [0.3, 0.4) is 0 Å². The monoisotopic (exact) mass is 437 g/mol. The molecule has 1 N–H and O–H groups in total. The number of aromatic nitrogens is 2. The molecule has 4 rings (SSSR count). The summed E-state index contributed by atoms with van der Waals surface area (Å²) in [5, 5.41) is 2.56. The van der Waals surface area contributed by atoms with Crippen molar-refractivity contribution in [3.8, 4) is 5.75 Å². The number of carbonyl (C=O) groups is 3. The Morgan fingerprint density at radius 3 is 2.84 bits per heavy atom. The Kier molecular flexibility index (Phi) is 6.07. The Bertz CT molecular complexity index is 1070. The first-order valence-electron chi connectivity index (χ1n) is 10.7. The van der Waals surface area contributed by atoms with Crippen LogP contribution in [-0.2, 0) is 27.3 Å². The molecule has 2 aliphatic rings. The molecule has 0 spiro atoms. The molecule has 0 saturated carbocycles. The zero-order chi connectivity index (χ0) is 22.8. The van der Waals surface area contributed by atoms with Crippen molar-refractivity contribution in [3.05, 3.63) is 46.9 Å². The van der Waals surface area contributed by atoms with E-state index in [0.29, 0.717) is 24.7 Å². The number of nitrogens with zero attached hydrogens (tertiary/aromatic N) is 4. The lowest BCUT2D eigenvalue weighted by atomic mass is 10.1. The molecule has 168 valence electrons. The summed E-state index contributed by atoms with van der Waals surface area (Å²) in [6.07, 6.45) is 1.84. The van der Waals surface area contributed by atoms with Crippen molar-refractivity contribution in [1.29, 1.82) is 0 Å². The molecule has 1 unspecified atom stereocenters. The van der Waals surface area contributed by atoms with E-state index in [-0.39, 0.29) is 36.7 Å². The lowest BCUT2D eigenvalue weighted by Gasteiger charge is -2.25. The van der Waals surface area contributed by atoms with Crippen molar-refractivity contribution in [3.63, 3.8) is 0 Å². The van der Waals surface area contributed by atoms with E-state index in [1.807, 2.05) is 31.2 Å². The van der Waals surface area contributed by atoms with E-state index in [1.165, 1.54) is 6.92 Å². The van der Waals surface area contributed by atoms with Crippen molar-refractivity contribution in [2.75, 3.05) is 25.1 Å². The number of rotatable bonds is 6. The van der Waals surface area contributed by atoms with E-state index >= 15 is 0 Å². The van der Waals surface area contributed by atoms with Crippen LogP contribution in [0.15, 0.2) is 24.3 Å². The number of carbonyl (C=O) groups excluding carboxylic acids is 3. The molecule has 2 aliphatic heterocycles. The van der Waals surface area contributed by atoms with Crippen molar-refractivity contribution >= 4 is 23.5 Å². The molecule has 2 aromatic rings. The Morgan fingerprint density at radius 2 is 2.09 bits per heavy atom. The van der Waals surface area contributed by atoms with Gasteiger partial charge in [-0.3, -0.25) is 19.3 Å². The lowest BCUT2D eigenvalue weighted by Crippen LogP contribution is -2.39. The molecule has 9 nitrogen and oxygen atoms in total. The molecule has 3 heterocycles. The highest BCUT2D eigenvalue weighted by Gasteiger charge is 2.36. The molecule has 1 atom stereocenters. The Balaban J connectivity index is 1.61. The Hall–Kier alpha value is -3.49. The third kappa shape index (κ3) is 4.28. The smallest absolute Gasteiger partial charge is 0.242 e. The van der Waals surface area contributed by atoms with E-state index in [1.54, 1.807) is 16.9 Å². The van der Waals surface area contributed by atoms with Gasteiger partial charge < -0.3 is 15.0 Å². The fourth-order valence-electron chi connectivity index (χ4n) is 4.30. The summed E-state index contributed by atoms with van der Waals surface area (Å²) in [5.74, 6) is 1.46. The summed E-state index contributed by atoms with van der Waals surface area (Å²) in [6, 6.07) is 7.33. The van der Waals surface area contributed by atoms with Crippen LogP contribution in [0.5, 0.6) is 5.75 Å². The van der Waals surface area contributed by atoms with Crippen molar-refractivity contribution < 1.29 is 19.1 Å². The predicted molar refractivity (Wildman–Crippen MR) is 117 cm³/mol. The Morgan fingerprint density at radius 1 is 1.28 bits per heavy atom. The van der Waals surface area contributed by atoms with Gasteiger partial charge in [-0.15, -0.1) is 0 Å². The number of amides is 3. The summed E-state index contributed by atoms with van der Waals surface area (Å²) in [5.41, 5.74) is 2.53. The van der Waals surface area contributed by atoms with Crippen LogP contribution in [0, 0.1) is 6.92 Å². The summed E-state index contributed by atoms with van der Waals surface area (Å²) >= 11 is 0. The topological polar surface area (TPSA) is 105 Å². The standard InChI is InChI=1S/C23H27N5O4/c1-14-18-11-20(30)28(13-16-6-4-7-17(10-16)32-3)23(18)26-22(25-14)19-8-5-9-27(19)21(31)12-24-15(2)29/h4,6-7,10,19H,5,8-9,11-13H2,1-3H3,(H,24,29). The zero-order valence-corrected chi connectivity index (χ0v) is 18.6. The normalized spacial score (nSPS) is 17.5. The van der Waals surface area contributed by atoms with Crippen LogP contribution in [0.1, 0.15) is 48.5 Å². The summed E-state index contributed by atoms with van der Waals surface area (Å²) in [7, 11) is 1.61. The van der Waals surface area contributed by atoms with Gasteiger partial charge in [-0.1, -0.05) is 12.1 Å². The number of aryl methyl sites for hydroxylation is 1. The molecule has 9 heteroatoms. The number of hydrogen-bond donors (Lipinski definition) is 1. The van der Waals surface area contributed by atoms with E-state index in [9.17, 15) is 14.4 Å². The molecular formula is C23H27N5O4. The molecule has 3 amide bonds. The zero-order valence-electron chi connectivity index (χ0n) is 18.6. The number of hydrogen-bond acceptors (Lipinski definition) is 6. The number of likely N-dealkylation sites (tertiary alicyclic amines) is 1. The van der Waals surface area contributed by atoms with Gasteiger partial charge in [-0.05, 0) is 37.5 Å². The molecule has 1 aromatic heterocycles. The maximum atomic E-state index is 12.8. The minimum absolute atomic E-state index is 0.0256. The fourth-order valence-corrected chi connectivity index (χ4v) is 4.30. The number of fused-ring (bicyclic) bond motifs is 1. The summed E-state index contributed by atoms with van der Waals surface area (Å²) in [6.45, 7) is 4.19. The maximum absolute atomic E-state index is 12.8. The van der Waals surface area contributed by atoms with Gasteiger partial charge in [0.2, 0.25) is 17.7 Å². The second-order valence-electron chi connectivity index (χ2n) is 8.13. The van der Waals surface area contributed by atoms with Gasteiger partial charge in [0.15, 0.2) is 5.82 Å². The van der Waals surface area contributed by atoms with E-state index in [0.717, 1.165) is 35.4 Å². The van der Waals surface area contributed by atoms with E-state index < -0.39 is 0 Å². The van der Waals surface area contributed by atoms with Gasteiger partial charge in [0, 0.05) is 24.7 Å². The summed E-state index contributed by atoms with van der Waals surface area (Å²) < 4.78 is 5.30.